The molecule has 7 heteroatoms. The predicted molar refractivity (Wildman–Crippen MR) is 44.8 cm³/mol. The van der Waals surface area contributed by atoms with Gasteiger partial charge >= 0.3 is 11.4 Å². The molecular formula is C7H9ClO6. The van der Waals surface area contributed by atoms with Crippen molar-refractivity contribution in [2.45, 2.75) is 13.0 Å². The van der Waals surface area contributed by atoms with Crippen LogP contribution in [-0.2, 0) is 23.8 Å². The lowest BCUT2D eigenvalue weighted by molar-refractivity contribution is -0.145. The fourth-order valence-corrected chi connectivity index (χ4v) is 0.730. The molecule has 0 saturated carbocycles. The molecule has 1 atom stereocenters. The number of carbonyl (C=O) groups excluding carboxylic acids is 3. The first-order chi connectivity index (χ1) is 6.56. The summed E-state index contributed by atoms with van der Waals surface area (Å²) in [6.45, 7) is 0.958. The van der Waals surface area contributed by atoms with Crippen molar-refractivity contribution in [1.29, 1.82) is 0 Å². The molecule has 0 saturated heterocycles. The second-order valence-electron chi connectivity index (χ2n) is 2.21. The standard InChI is InChI=1S/C7H9ClO6/c1-5(10)13-3-6(2-12-4-9)14-7(8)11/h4,6H,2-3H2,1H3. The van der Waals surface area contributed by atoms with E-state index in [0.717, 1.165) is 0 Å². The van der Waals surface area contributed by atoms with Gasteiger partial charge in [0, 0.05) is 18.5 Å². The Bertz CT molecular complexity index is 216. The maximum atomic E-state index is 10.4. The first kappa shape index (κ1) is 12.7. The molecule has 0 rings (SSSR count). The first-order valence-corrected chi connectivity index (χ1v) is 3.98. The van der Waals surface area contributed by atoms with E-state index in [-0.39, 0.29) is 19.7 Å². The van der Waals surface area contributed by atoms with Crippen LogP contribution in [0.4, 0.5) is 4.79 Å². The number of ether oxygens (including phenoxy) is 3. The Balaban J connectivity index is 3.89. The minimum atomic E-state index is -1.06. The molecule has 0 bridgehead atoms. The van der Waals surface area contributed by atoms with Crippen LogP contribution in [0.25, 0.3) is 0 Å². The summed E-state index contributed by atoms with van der Waals surface area (Å²) < 4.78 is 13.3. The molecule has 0 heterocycles. The van der Waals surface area contributed by atoms with Crippen molar-refractivity contribution >= 4 is 29.5 Å². The largest absolute Gasteiger partial charge is 0.464 e. The number of hydrogen-bond donors (Lipinski definition) is 0. The number of halogens is 1. The number of esters is 1. The zero-order valence-electron chi connectivity index (χ0n) is 7.40. The summed E-state index contributed by atoms with van der Waals surface area (Å²) in [5.74, 6) is -0.535. The maximum Gasteiger partial charge on any atom is 0.404 e. The first-order valence-electron chi connectivity index (χ1n) is 3.61. The van der Waals surface area contributed by atoms with Gasteiger partial charge < -0.3 is 14.2 Å². The molecule has 0 aliphatic heterocycles. The quantitative estimate of drug-likeness (QED) is 0.282. The summed E-state index contributed by atoms with van der Waals surface area (Å²) in [5, 5.41) is 0. The molecule has 80 valence electrons. The molecule has 0 aliphatic rings. The average Bonchev–Trinajstić information content (AvgIpc) is 2.09. The van der Waals surface area contributed by atoms with Gasteiger partial charge in [0.1, 0.15) is 13.2 Å². The zero-order valence-corrected chi connectivity index (χ0v) is 8.15. The Labute approximate surface area is 85.1 Å². The molecule has 0 fully saturated rings. The Morgan fingerprint density at radius 2 is 2.07 bits per heavy atom. The van der Waals surface area contributed by atoms with E-state index in [2.05, 4.69) is 14.2 Å². The van der Waals surface area contributed by atoms with E-state index in [1.807, 2.05) is 0 Å². The van der Waals surface area contributed by atoms with Gasteiger partial charge in [-0.1, -0.05) is 0 Å². The Morgan fingerprint density at radius 3 is 2.50 bits per heavy atom. The van der Waals surface area contributed by atoms with Crippen molar-refractivity contribution in [3.63, 3.8) is 0 Å². The van der Waals surface area contributed by atoms with Crippen molar-refractivity contribution < 1.29 is 28.6 Å². The fourth-order valence-electron chi connectivity index (χ4n) is 0.604. The highest BCUT2D eigenvalue weighted by Gasteiger charge is 2.15. The van der Waals surface area contributed by atoms with E-state index in [4.69, 9.17) is 11.6 Å². The highest BCUT2D eigenvalue weighted by atomic mass is 35.5. The molecule has 0 amide bonds. The van der Waals surface area contributed by atoms with Gasteiger partial charge in [0.2, 0.25) is 0 Å². The van der Waals surface area contributed by atoms with Crippen molar-refractivity contribution in [2.75, 3.05) is 13.2 Å². The van der Waals surface area contributed by atoms with Crippen LogP contribution in [0.5, 0.6) is 0 Å². The summed E-state index contributed by atoms with van der Waals surface area (Å²) in [4.78, 5) is 30.6. The van der Waals surface area contributed by atoms with Crippen molar-refractivity contribution in [2.24, 2.45) is 0 Å². The SMILES string of the molecule is CC(=O)OCC(COC=O)OC(=O)Cl. The summed E-state index contributed by atoms with van der Waals surface area (Å²) >= 11 is 4.92. The third kappa shape index (κ3) is 7.35. The topological polar surface area (TPSA) is 78.9 Å². The van der Waals surface area contributed by atoms with Crippen LogP contribution in [0.2, 0.25) is 0 Å². The second kappa shape index (κ2) is 7.14. The lowest BCUT2D eigenvalue weighted by Gasteiger charge is -2.14. The Hall–Kier alpha value is -1.30. The van der Waals surface area contributed by atoms with Gasteiger partial charge in [-0.25, -0.2) is 4.79 Å². The number of carbonyl (C=O) groups is 3. The molecular weight excluding hydrogens is 216 g/mol. The summed E-state index contributed by atoms with van der Waals surface area (Å²) in [7, 11) is 0. The molecule has 0 aromatic rings. The van der Waals surface area contributed by atoms with Crippen molar-refractivity contribution in [3.8, 4) is 0 Å². The molecule has 6 nitrogen and oxygen atoms in total. The van der Waals surface area contributed by atoms with E-state index in [0.29, 0.717) is 0 Å². The van der Waals surface area contributed by atoms with E-state index in [9.17, 15) is 14.4 Å². The van der Waals surface area contributed by atoms with E-state index in [1.54, 1.807) is 0 Å². The Kier molecular flexibility index (Phi) is 6.47. The zero-order chi connectivity index (χ0) is 11.0. The van der Waals surface area contributed by atoms with Crippen LogP contribution in [0.15, 0.2) is 0 Å². The van der Waals surface area contributed by atoms with E-state index >= 15 is 0 Å². The van der Waals surface area contributed by atoms with Crippen LogP contribution in [0.3, 0.4) is 0 Å². The molecule has 0 aromatic carbocycles. The maximum absolute atomic E-state index is 10.4. The van der Waals surface area contributed by atoms with Gasteiger partial charge in [-0.2, -0.15) is 0 Å². The van der Waals surface area contributed by atoms with Crippen LogP contribution in [0.1, 0.15) is 6.92 Å². The molecule has 0 N–H and O–H groups in total. The predicted octanol–water partition coefficient (Wildman–Crippen LogP) is 0.466. The van der Waals surface area contributed by atoms with Gasteiger partial charge in [0.15, 0.2) is 6.10 Å². The monoisotopic (exact) mass is 224 g/mol. The number of rotatable bonds is 6. The molecule has 14 heavy (non-hydrogen) atoms. The summed E-state index contributed by atoms with van der Waals surface area (Å²) in [5.41, 5.74) is -1.06. The second-order valence-corrected chi connectivity index (χ2v) is 2.52. The average molecular weight is 225 g/mol. The summed E-state index contributed by atoms with van der Waals surface area (Å²) in [6, 6.07) is 0. The van der Waals surface area contributed by atoms with Crippen molar-refractivity contribution in [3.05, 3.63) is 0 Å². The Morgan fingerprint density at radius 1 is 1.43 bits per heavy atom. The molecule has 1 unspecified atom stereocenters. The van der Waals surface area contributed by atoms with Crippen LogP contribution >= 0.6 is 11.6 Å². The minimum Gasteiger partial charge on any atom is -0.464 e. The smallest absolute Gasteiger partial charge is 0.404 e. The van der Waals surface area contributed by atoms with E-state index in [1.165, 1.54) is 6.92 Å². The van der Waals surface area contributed by atoms with Gasteiger partial charge in [0.25, 0.3) is 6.47 Å². The molecule has 0 aliphatic carbocycles. The molecule has 0 aromatic heterocycles. The minimum absolute atomic E-state index is 0.183. The van der Waals surface area contributed by atoms with Gasteiger partial charge in [-0.15, -0.1) is 0 Å². The van der Waals surface area contributed by atoms with E-state index < -0.39 is 17.5 Å². The fraction of sp³-hybridized carbons (Fsp3) is 0.571. The van der Waals surface area contributed by atoms with Gasteiger partial charge in [-0.05, 0) is 0 Å². The highest BCUT2D eigenvalue weighted by Crippen LogP contribution is 1.99. The van der Waals surface area contributed by atoms with Gasteiger partial charge in [0.05, 0.1) is 0 Å². The van der Waals surface area contributed by atoms with Gasteiger partial charge in [-0.3, -0.25) is 9.59 Å². The number of hydrogen-bond acceptors (Lipinski definition) is 6. The highest BCUT2D eigenvalue weighted by molar-refractivity contribution is 6.61. The third-order valence-corrected chi connectivity index (χ3v) is 1.17. The molecule has 0 radical (unpaired) electrons. The lowest BCUT2D eigenvalue weighted by Crippen LogP contribution is -2.27. The third-order valence-electron chi connectivity index (χ3n) is 1.08. The van der Waals surface area contributed by atoms with Crippen LogP contribution < -0.4 is 0 Å². The van der Waals surface area contributed by atoms with Crippen LogP contribution in [-0.4, -0.2) is 37.2 Å². The summed E-state index contributed by atoms with van der Waals surface area (Å²) in [6.07, 6.45) is -0.880. The normalized spacial score (nSPS) is 11.3. The van der Waals surface area contributed by atoms with Crippen molar-refractivity contribution in [1.82, 2.24) is 0 Å². The molecule has 0 spiro atoms. The van der Waals surface area contributed by atoms with Crippen LogP contribution in [0, 0.1) is 0 Å². The lowest BCUT2D eigenvalue weighted by atomic mass is 10.4.